The first-order valence-electron chi connectivity index (χ1n) is 4.82. The molecule has 16 heavy (non-hydrogen) atoms. The van der Waals surface area contributed by atoms with Crippen molar-refractivity contribution < 1.29 is 14.6 Å². The molecular weight excluding hydrogens is 272 g/mol. The number of hydrogen-bond donors (Lipinski definition) is 1. The van der Waals surface area contributed by atoms with E-state index in [1.165, 1.54) is 7.11 Å². The lowest BCUT2D eigenvalue weighted by Crippen LogP contribution is -1.91. The molecule has 0 fully saturated rings. The Hall–Kier alpha value is -1.29. The molecule has 0 radical (unpaired) electrons. The fourth-order valence-corrected chi connectivity index (χ4v) is 1.57. The molecule has 3 nitrogen and oxygen atoms in total. The molecule has 0 amide bonds. The summed E-state index contributed by atoms with van der Waals surface area (Å²) in [5, 5.41) is 10.7. The number of methoxy groups -OCH3 is 1. The molecule has 86 valence electrons. The summed E-state index contributed by atoms with van der Waals surface area (Å²) in [6.45, 7) is 0. The van der Waals surface area contributed by atoms with Crippen LogP contribution in [0.2, 0.25) is 0 Å². The summed E-state index contributed by atoms with van der Waals surface area (Å²) >= 11 is 3.30. The highest BCUT2D eigenvalue weighted by Crippen LogP contribution is 2.32. The summed E-state index contributed by atoms with van der Waals surface area (Å²) < 4.78 is 4.98. The van der Waals surface area contributed by atoms with Crippen molar-refractivity contribution in [2.45, 2.75) is 6.42 Å². The summed E-state index contributed by atoms with van der Waals surface area (Å²) in [7, 11) is 1.47. The Morgan fingerprint density at radius 2 is 2.25 bits per heavy atom. The van der Waals surface area contributed by atoms with E-state index in [1.807, 2.05) is 6.08 Å². The number of ether oxygens (including phenoxy) is 1. The maximum absolute atomic E-state index is 10.8. The second-order valence-corrected chi connectivity index (χ2v) is 3.91. The van der Waals surface area contributed by atoms with Crippen LogP contribution >= 0.6 is 15.9 Å². The lowest BCUT2D eigenvalue weighted by molar-refractivity contribution is 0.112. The summed E-state index contributed by atoms with van der Waals surface area (Å²) in [5.74, 6) is 0.363. The van der Waals surface area contributed by atoms with Gasteiger partial charge in [-0.15, -0.1) is 0 Å². The van der Waals surface area contributed by atoms with Gasteiger partial charge in [-0.25, -0.2) is 0 Å². The van der Waals surface area contributed by atoms with E-state index in [2.05, 4.69) is 15.9 Å². The molecule has 0 aliphatic rings. The Balaban J connectivity index is 3.15. The van der Waals surface area contributed by atoms with Crippen LogP contribution in [0.5, 0.6) is 11.5 Å². The number of benzene rings is 1. The fourth-order valence-electron chi connectivity index (χ4n) is 1.31. The van der Waals surface area contributed by atoms with E-state index in [0.29, 0.717) is 23.2 Å². The minimum absolute atomic E-state index is 0.00192. The molecular formula is C12H13BrO3. The molecule has 0 heterocycles. The zero-order valence-electron chi connectivity index (χ0n) is 8.94. The van der Waals surface area contributed by atoms with Crippen LogP contribution < -0.4 is 4.74 Å². The van der Waals surface area contributed by atoms with E-state index in [1.54, 1.807) is 18.2 Å². The molecule has 0 unspecified atom stereocenters. The third kappa shape index (κ3) is 2.85. The Kier molecular flexibility index (Phi) is 5.05. The molecule has 0 aliphatic carbocycles. The maximum Gasteiger partial charge on any atom is 0.165 e. The van der Waals surface area contributed by atoms with E-state index < -0.39 is 0 Å². The predicted octanol–water partition coefficient (Wildman–Crippen LogP) is 3.01. The molecule has 1 aromatic rings. The van der Waals surface area contributed by atoms with E-state index >= 15 is 0 Å². The van der Waals surface area contributed by atoms with E-state index in [9.17, 15) is 9.90 Å². The Bertz CT molecular complexity index is 399. The van der Waals surface area contributed by atoms with Crippen LogP contribution in [-0.4, -0.2) is 23.8 Å². The Morgan fingerprint density at radius 1 is 1.50 bits per heavy atom. The average Bonchev–Trinajstić information content (AvgIpc) is 2.31. The number of rotatable bonds is 5. The number of aromatic hydroxyl groups is 1. The number of phenolic OH excluding ortho intramolecular Hbond substituents is 1. The van der Waals surface area contributed by atoms with Crippen molar-refractivity contribution in [3.63, 3.8) is 0 Å². The molecule has 0 saturated carbocycles. The zero-order valence-corrected chi connectivity index (χ0v) is 10.5. The van der Waals surface area contributed by atoms with Crippen molar-refractivity contribution in [2.24, 2.45) is 0 Å². The number of carbonyl (C=O) groups excluding carboxylic acids is 1. The van der Waals surface area contributed by atoms with Crippen LogP contribution in [0.25, 0.3) is 6.08 Å². The molecule has 4 heteroatoms. The number of halogens is 1. The number of aldehydes is 1. The molecule has 1 aromatic carbocycles. The SMILES string of the molecule is COc1ccc(C=O)c(C=CCCBr)c1O. The molecule has 0 atom stereocenters. The second-order valence-electron chi connectivity index (χ2n) is 3.12. The topological polar surface area (TPSA) is 46.5 Å². The molecule has 0 aliphatic heterocycles. The van der Waals surface area contributed by atoms with Crippen LogP contribution in [0.3, 0.4) is 0 Å². The van der Waals surface area contributed by atoms with Crippen LogP contribution in [0, 0.1) is 0 Å². The van der Waals surface area contributed by atoms with Gasteiger partial charge in [0.1, 0.15) is 0 Å². The van der Waals surface area contributed by atoms with Crippen LogP contribution in [0.4, 0.5) is 0 Å². The number of allylic oxidation sites excluding steroid dienone is 1. The van der Waals surface area contributed by atoms with Gasteiger partial charge in [0.2, 0.25) is 0 Å². The number of carbonyl (C=O) groups is 1. The van der Waals surface area contributed by atoms with E-state index in [0.717, 1.165) is 11.8 Å². The molecule has 0 saturated heterocycles. The van der Waals surface area contributed by atoms with Gasteiger partial charge in [0.05, 0.1) is 7.11 Å². The lowest BCUT2D eigenvalue weighted by atomic mass is 10.1. The van der Waals surface area contributed by atoms with Crippen molar-refractivity contribution in [2.75, 3.05) is 12.4 Å². The quantitative estimate of drug-likeness (QED) is 0.668. The van der Waals surface area contributed by atoms with Gasteiger partial charge in [-0.1, -0.05) is 28.1 Å². The summed E-state index contributed by atoms with van der Waals surface area (Å²) in [4.78, 5) is 10.8. The van der Waals surface area contributed by atoms with Crippen molar-refractivity contribution in [3.8, 4) is 11.5 Å². The monoisotopic (exact) mass is 284 g/mol. The molecule has 1 N–H and O–H groups in total. The predicted molar refractivity (Wildman–Crippen MR) is 67.5 cm³/mol. The first-order valence-corrected chi connectivity index (χ1v) is 5.94. The third-order valence-electron chi connectivity index (χ3n) is 2.12. The van der Waals surface area contributed by atoms with Gasteiger partial charge in [-0.05, 0) is 18.6 Å². The van der Waals surface area contributed by atoms with Crippen molar-refractivity contribution in [3.05, 3.63) is 29.3 Å². The van der Waals surface area contributed by atoms with Crippen molar-refractivity contribution in [1.82, 2.24) is 0 Å². The second kappa shape index (κ2) is 6.33. The van der Waals surface area contributed by atoms with Gasteiger partial charge >= 0.3 is 0 Å². The lowest BCUT2D eigenvalue weighted by Gasteiger charge is -2.07. The first kappa shape index (κ1) is 12.8. The number of hydrogen-bond acceptors (Lipinski definition) is 3. The summed E-state index contributed by atoms with van der Waals surface area (Å²) in [6, 6.07) is 3.19. The molecule has 0 spiro atoms. The highest BCUT2D eigenvalue weighted by atomic mass is 79.9. The first-order chi connectivity index (χ1) is 7.74. The Morgan fingerprint density at radius 3 is 2.81 bits per heavy atom. The minimum Gasteiger partial charge on any atom is -0.504 e. The summed E-state index contributed by atoms with van der Waals surface area (Å²) in [6.07, 6.45) is 5.15. The van der Waals surface area contributed by atoms with E-state index in [4.69, 9.17) is 4.74 Å². The van der Waals surface area contributed by atoms with Gasteiger partial charge < -0.3 is 9.84 Å². The van der Waals surface area contributed by atoms with Crippen molar-refractivity contribution in [1.29, 1.82) is 0 Å². The Labute approximate surface area is 103 Å². The van der Waals surface area contributed by atoms with Gasteiger partial charge in [0.25, 0.3) is 0 Å². The summed E-state index contributed by atoms with van der Waals surface area (Å²) in [5.41, 5.74) is 0.944. The average molecular weight is 285 g/mol. The largest absolute Gasteiger partial charge is 0.504 e. The van der Waals surface area contributed by atoms with Crippen molar-refractivity contribution >= 4 is 28.3 Å². The highest BCUT2D eigenvalue weighted by molar-refractivity contribution is 9.09. The number of phenols is 1. The van der Waals surface area contributed by atoms with E-state index in [-0.39, 0.29) is 5.75 Å². The third-order valence-corrected chi connectivity index (χ3v) is 2.58. The smallest absolute Gasteiger partial charge is 0.165 e. The van der Waals surface area contributed by atoms with Gasteiger partial charge in [-0.2, -0.15) is 0 Å². The molecule has 0 aromatic heterocycles. The fraction of sp³-hybridized carbons (Fsp3) is 0.250. The number of alkyl halides is 1. The van der Waals surface area contributed by atoms with Crippen LogP contribution in [0.1, 0.15) is 22.3 Å². The highest BCUT2D eigenvalue weighted by Gasteiger charge is 2.09. The van der Waals surface area contributed by atoms with Crippen LogP contribution in [0.15, 0.2) is 18.2 Å². The molecule has 0 bridgehead atoms. The minimum atomic E-state index is -0.00192. The maximum atomic E-state index is 10.8. The van der Waals surface area contributed by atoms with Gasteiger partial charge in [0.15, 0.2) is 17.8 Å². The van der Waals surface area contributed by atoms with Gasteiger partial charge in [-0.3, -0.25) is 4.79 Å². The zero-order chi connectivity index (χ0) is 12.0. The normalized spacial score (nSPS) is 10.6. The van der Waals surface area contributed by atoms with Crippen LogP contribution in [-0.2, 0) is 0 Å². The van der Waals surface area contributed by atoms with Gasteiger partial charge in [0, 0.05) is 16.5 Å². The molecule has 1 rings (SSSR count). The standard InChI is InChI=1S/C12H13BrO3/c1-16-11-6-5-9(8-14)10(12(11)15)4-2-3-7-13/h2,4-6,8,15H,3,7H2,1H3.